The van der Waals surface area contributed by atoms with Crippen molar-refractivity contribution >= 4 is 49.2 Å². The van der Waals surface area contributed by atoms with Crippen LogP contribution in [0.1, 0.15) is 0 Å². The molecule has 0 unspecified atom stereocenters. The lowest BCUT2D eigenvalue weighted by Gasteiger charge is -2.04. The number of hydrogen-bond donors (Lipinski definition) is 1. The van der Waals surface area contributed by atoms with Crippen molar-refractivity contribution in [2.24, 2.45) is 0 Å². The summed E-state index contributed by atoms with van der Waals surface area (Å²) in [6.45, 7) is 0. The van der Waals surface area contributed by atoms with Gasteiger partial charge in [0.2, 0.25) is 0 Å². The van der Waals surface area contributed by atoms with Crippen molar-refractivity contribution in [1.29, 1.82) is 0 Å². The first-order valence-corrected chi connectivity index (χ1v) is 6.23. The van der Waals surface area contributed by atoms with Crippen molar-refractivity contribution < 1.29 is 13.0 Å². The molecule has 1 aromatic carbocycles. The Bertz CT molecular complexity index is 624. The van der Waals surface area contributed by atoms with Crippen LogP contribution >= 0.6 is 28.3 Å². The second kappa shape index (κ2) is 4.67. The van der Waals surface area contributed by atoms with Crippen LogP contribution in [0.5, 0.6) is 0 Å². The van der Waals surface area contributed by atoms with Gasteiger partial charge in [-0.25, -0.2) is 0 Å². The van der Waals surface area contributed by atoms with Gasteiger partial charge in [-0.15, -0.1) is 12.4 Å². The van der Waals surface area contributed by atoms with Gasteiger partial charge in [-0.2, -0.15) is 8.42 Å². The molecule has 0 aliphatic heterocycles. The van der Waals surface area contributed by atoms with Gasteiger partial charge in [-0.05, 0) is 22.0 Å². The van der Waals surface area contributed by atoms with Crippen LogP contribution in [0, 0.1) is 0 Å². The van der Waals surface area contributed by atoms with E-state index in [9.17, 15) is 8.42 Å². The van der Waals surface area contributed by atoms with E-state index in [1.165, 1.54) is 18.5 Å². The maximum absolute atomic E-state index is 11.1. The molecular formula is C9H7BrClNO3S. The maximum Gasteiger partial charge on any atom is 0.295 e. The Morgan fingerprint density at radius 3 is 2.56 bits per heavy atom. The Morgan fingerprint density at radius 2 is 1.94 bits per heavy atom. The molecule has 7 heteroatoms. The molecule has 0 fully saturated rings. The Labute approximate surface area is 107 Å². The average molecular weight is 325 g/mol. The first-order chi connectivity index (χ1) is 7.00. The van der Waals surface area contributed by atoms with Gasteiger partial charge in [-0.1, -0.05) is 12.1 Å². The molecule has 16 heavy (non-hydrogen) atoms. The molecule has 2 rings (SSSR count). The molecule has 1 N–H and O–H groups in total. The fourth-order valence-corrected chi connectivity index (χ4v) is 2.80. The second-order valence-electron chi connectivity index (χ2n) is 2.95. The standard InChI is InChI=1S/C9H6BrNO3S.ClH/c10-7-5-11-4-6-2-1-3-8(9(6)7)15(12,13)14;/h1-5H,(H,12,13,14);1H. The van der Waals surface area contributed by atoms with Crippen LogP contribution in [0.25, 0.3) is 10.8 Å². The van der Waals surface area contributed by atoms with Gasteiger partial charge >= 0.3 is 0 Å². The molecule has 0 aliphatic rings. The number of hydrogen-bond acceptors (Lipinski definition) is 3. The minimum atomic E-state index is -4.21. The van der Waals surface area contributed by atoms with Crippen LogP contribution < -0.4 is 0 Å². The van der Waals surface area contributed by atoms with Crippen molar-refractivity contribution in [3.05, 3.63) is 35.1 Å². The Morgan fingerprint density at radius 1 is 1.25 bits per heavy atom. The van der Waals surface area contributed by atoms with Crippen molar-refractivity contribution in [3.8, 4) is 0 Å². The smallest absolute Gasteiger partial charge is 0.282 e. The van der Waals surface area contributed by atoms with E-state index in [2.05, 4.69) is 20.9 Å². The third-order valence-corrected chi connectivity index (χ3v) is 3.47. The third kappa shape index (κ3) is 2.35. The summed E-state index contributed by atoms with van der Waals surface area (Å²) in [5.41, 5.74) is 0. The summed E-state index contributed by atoms with van der Waals surface area (Å²) >= 11 is 3.20. The number of rotatable bonds is 1. The molecule has 0 spiro atoms. The predicted octanol–water partition coefficient (Wildman–Crippen LogP) is 2.67. The van der Waals surface area contributed by atoms with Crippen LogP contribution in [0.3, 0.4) is 0 Å². The monoisotopic (exact) mass is 323 g/mol. The lowest BCUT2D eigenvalue weighted by molar-refractivity contribution is 0.484. The molecule has 4 nitrogen and oxygen atoms in total. The van der Waals surface area contributed by atoms with Crippen molar-refractivity contribution in [2.45, 2.75) is 4.90 Å². The van der Waals surface area contributed by atoms with Gasteiger partial charge in [0, 0.05) is 27.6 Å². The van der Waals surface area contributed by atoms with Crippen molar-refractivity contribution in [2.75, 3.05) is 0 Å². The number of nitrogens with zero attached hydrogens (tertiary/aromatic N) is 1. The fourth-order valence-electron chi connectivity index (χ4n) is 1.37. The normalized spacial score (nSPS) is 11.1. The van der Waals surface area contributed by atoms with Crippen LogP contribution in [-0.4, -0.2) is 18.0 Å². The average Bonchev–Trinajstić information content (AvgIpc) is 2.16. The highest BCUT2D eigenvalue weighted by Gasteiger charge is 2.15. The van der Waals surface area contributed by atoms with Crippen LogP contribution in [0.4, 0.5) is 0 Å². The minimum absolute atomic E-state index is 0. The van der Waals surface area contributed by atoms with Gasteiger partial charge in [0.25, 0.3) is 10.1 Å². The Kier molecular flexibility index (Phi) is 3.90. The van der Waals surface area contributed by atoms with Gasteiger partial charge in [0.1, 0.15) is 4.90 Å². The number of pyridine rings is 1. The molecule has 0 amide bonds. The van der Waals surface area contributed by atoms with E-state index in [1.54, 1.807) is 12.1 Å². The first-order valence-electron chi connectivity index (χ1n) is 4.00. The Hall–Kier alpha value is -0.690. The molecule has 0 atom stereocenters. The van der Waals surface area contributed by atoms with Crippen LogP contribution in [0.2, 0.25) is 0 Å². The van der Waals surface area contributed by atoms with E-state index in [1.807, 2.05) is 0 Å². The minimum Gasteiger partial charge on any atom is -0.282 e. The molecule has 2 aromatic rings. The molecule has 0 saturated carbocycles. The van der Waals surface area contributed by atoms with E-state index < -0.39 is 10.1 Å². The zero-order valence-corrected chi connectivity index (χ0v) is 11.0. The SMILES string of the molecule is Cl.O=S(=O)(O)c1cccc2cncc(Br)c12. The molecular weight excluding hydrogens is 318 g/mol. The third-order valence-electron chi connectivity index (χ3n) is 1.98. The van der Waals surface area contributed by atoms with Crippen LogP contribution in [-0.2, 0) is 10.1 Å². The summed E-state index contributed by atoms with van der Waals surface area (Å²) in [6.07, 6.45) is 3.02. The second-order valence-corrected chi connectivity index (χ2v) is 5.19. The predicted molar refractivity (Wildman–Crippen MR) is 66.5 cm³/mol. The van der Waals surface area contributed by atoms with E-state index in [-0.39, 0.29) is 17.3 Å². The topological polar surface area (TPSA) is 67.3 Å². The number of benzene rings is 1. The molecule has 0 radical (unpaired) electrons. The Balaban J connectivity index is 0.00000128. The van der Waals surface area contributed by atoms with Gasteiger partial charge < -0.3 is 0 Å². The van der Waals surface area contributed by atoms with Crippen molar-refractivity contribution in [1.82, 2.24) is 4.98 Å². The highest BCUT2D eigenvalue weighted by Crippen LogP contribution is 2.28. The van der Waals surface area contributed by atoms with E-state index in [0.717, 1.165) is 0 Å². The highest BCUT2D eigenvalue weighted by molar-refractivity contribution is 9.10. The number of fused-ring (bicyclic) bond motifs is 1. The highest BCUT2D eigenvalue weighted by atomic mass is 79.9. The zero-order chi connectivity index (χ0) is 11.1. The first kappa shape index (κ1) is 13.4. The van der Waals surface area contributed by atoms with E-state index >= 15 is 0 Å². The van der Waals surface area contributed by atoms with Gasteiger partial charge in [-0.3, -0.25) is 9.54 Å². The summed E-state index contributed by atoms with van der Waals surface area (Å²) in [6, 6.07) is 4.63. The summed E-state index contributed by atoms with van der Waals surface area (Å²) in [4.78, 5) is 3.80. The summed E-state index contributed by atoms with van der Waals surface area (Å²) in [7, 11) is -4.21. The van der Waals surface area contributed by atoms with E-state index in [0.29, 0.717) is 15.2 Å². The molecule has 86 valence electrons. The lowest BCUT2D eigenvalue weighted by Crippen LogP contribution is -1.99. The quantitative estimate of drug-likeness (QED) is 0.819. The molecule has 0 aliphatic carbocycles. The summed E-state index contributed by atoms with van der Waals surface area (Å²) < 4.78 is 31.8. The largest absolute Gasteiger partial charge is 0.295 e. The van der Waals surface area contributed by atoms with Crippen LogP contribution in [0.15, 0.2) is 40.0 Å². The maximum atomic E-state index is 11.1. The van der Waals surface area contributed by atoms with Gasteiger partial charge in [0.15, 0.2) is 0 Å². The molecule has 1 heterocycles. The van der Waals surface area contributed by atoms with Gasteiger partial charge in [0.05, 0.1) is 0 Å². The number of aromatic nitrogens is 1. The molecule has 1 aromatic heterocycles. The zero-order valence-electron chi connectivity index (χ0n) is 7.79. The summed E-state index contributed by atoms with van der Waals surface area (Å²) in [5, 5.41) is 1.09. The van der Waals surface area contributed by atoms with E-state index in [4.69, 9.17) is 4.55 Å². The molecule has 0 saturated heterocycles. The number of halogens is 2. The molecule has 0 bridgehead atoms. The lowest BCUT2D eigenvalue weighted by atomic mass is 10.2. The fraction of sp³-hybridized carbons (Fsp3) is 0. The van der Waals surface area contributed by atoms with Crippen molar-refractivity contribution in [3.63, 3.8) is 0 Å². The summed E-state index contributed by atoms with van der Waals surface area (Å²) in [5.74, 6) is 0.